The zero-order valence-electron chi connectivity index (χ0n) is 22.2. The van der Waals surface area contributed by atoms with Crippen LogP contribution in [0.15, 0.2) is 0 Å². The Balaban J connectivity index is 3.87. The average molecular weight is 485 g/mol. The molecule has 4 atom stereocenters. The van der Waals surface area contributed by atoms with Crippen molar-refractivity contribution in [1.29, 1.82) is 0 Å². The third-order valence-corrected chi connectivity index (χ3v) is 5.84. The fourth-order valence-corrected chi connectivity index (χ4v) is 4.18. The molecular weight excluding hydrogens is 436 g/mol. The van der Waals surface area contributed by atoms with Crippen molar-refractivity contribution in [3.63, 3.8) is 0 Å². The van der Waals surface area contributed by atoms with E-state index in [4.69, 9.17) is 9.47 Å². The number of hydrogen-bond donors (Lipinski definition) is 2. The molecule has 0 saturated carbocycles. The van der Waals surface area contributed by atoms with Crippen LogP contribution in [0.4, 0.5) is 0 Å². The molecule has 0 bridgehead atoms. The summed E-state index contributed by atoms with van der Waals surface area (Å²) in [4.78, 5) is 45.1. The maximum atomic E-state index is 11.3. The smallest absolute Gasteiger partial charge is 0.302 e. The molecule has 0 aliphatic carbocycles. The van der Waals surface area contributed by atoms with Crippen molar-refractivity contribution in [1.82, 2.24) is 10.6 Å². The topological polar surface area (TPSA) is 111 Å². The van der Waals surface area contributed by atoms with E-state index in [9.17, 15) is 19.2 Å². The second kappa shape index (κ2) is 19.2. The first-order valence-electron chi connectivity index (χ1n) is 12.9. The molecular formula is C26H48N2O6. The summed E-state index contributed by atoms with van der Waals surface area (Å²) in [7, 11) is 0. The van der Waals surface area contributed by atoms with Crippen LogP contribution in [-0.4, -0.2) is 48.0 Å². The molecule has 0 rings (SSSR count). The van der Waals surface area contributed by atoms with Gasteiger partial charge in [-0.05, 0) is 39.5 Å². The number of unbranched alkanes of at least 4 members (excludes halogenated alkanes) is 9. The fraction of sp³-hybridized carbons (Fsp3) is 0.846. The van der Waals surface area contributed by atoms with Crippen LogP contribution in [0.1, 0.15) is 119 Å². The Hall–Kier alpha value is -2.12. The van der Waals surface area contributed by atoms with E-state index in [2.05, 4.69) is 10.6 Å². The lowest BCUT2D eigenvalue weighted by Crippen LogP contribution is -2.42. The highest BCUT2D eigenvalue weighted by Gasteiger charge is 2.21. The van der Waals surface area contributed by atoms with Gasteiger partial charge in [0.25, 0.3) is 0 Å². The SMILES string of the molecule is CC(=O)N[C@H](C)[C@H](CCCCCCCCCCCC[C@H](OC(C)=O)[C@@H](C)NC(C)=O)OC(C)=O. The van der Waals surface area contributed by atoms with E-state index in [0.29, 0.717) is 0 Å². The van der Waals surface area contributed by atoms with Gasteiger partial charge in [0.15, 0.2) is 0 Å². The number of hydrogen-bond acceptors (Lipinski definition) is 6. The average Bonchev–Trinajstić information content (AvgIpc) is 2.71. The van der Waals surface area contributed by atoms with Crippen molar-refractivity contribution in [2.75, 3.05) is 0 Å². The standard InChI is InChI=1S/C26H48N2O6/c1-19(27-21(3)29)25(33-23(5)31)17-15-13-11-9-7-8-10-12-14-16-18-26(34-24(6)32)20(2)28-22(4)30/h19-20,25-26H,7-18H2,1-6H3,(H,27,29)(H,28,30)/t19-,20-,25+,26+/m1/s1. The van der Waals surface area contributed by atoms with E-state index in [-0.39, 0.29) is 48.0 Å². The maximum absolute atomic E-state index is 11.3. The van der Waals surface area contributed by atoms with Crippen LogP contribution in [0.25, 0.3) is 0 Å². The van der Waals surface area contributed by atoms with Crippen molar-refractivity contribution < 1.29 is 28.7 Å². The predicted octanol–water partition coefficient (Wildman–Crippen LogP) is 4.58. The fourth-order valence-electron chi connectivity index (χ4n) is 4.18. The molecule has 0 heterocycles. The predicted molar refractivity (Wildman–Crippen MR) is 133 cm³/mol. The second-order valence-electron chi connectivity index (χ2n) is 9.39. The first-order chi connectivity index (χ1) is 16.0. The van der Waals surface area contributed by atoms with Gasteiger partial charge in [-0.1, -0.05) is 51.4 Å². The molecule has 8 heteroatoms. The van der Waals surface area contributed by atoms with Gasteiger partial charge in [-0.25, -0.2) is 0 Å². The molecule has 0 fully saturated rings. The minimum atomic E-state index is -0.314. The van der Waals surface area contributed by atoms with Gasteiger partial charge in [-0.2, -0.15) is 0 Å². The minimum absolute atomic E-state index is 0.117. The van der Waals surface area contributed by atoms with E-state index in [1.165, 1.54) is 53.4 Å². The Labute approximate surface area is 206 Å². The summed E-state index contributed by atoms with van der Waals surface area (Å²) in [6.07, 6.45) is 12.2. The molecule has 0 aromatic carbocycles. The summed E-state index contributed by atoms with van der Waals surface area (Å²) in [5.41, 5.74) is 0. The lowest BCUT2D eigenvalue weighted by atomic mass is 10.0. The third-order valence-electron chi connectivity index (χ3n) is 5.84. The van der Waals surface area contributed by atoms with Crippen molar-refractivity contribution in [3.8, 4) is 0 Å². The van der Waals surface area contributed by atoms with Gasteiger partial charge in [0, 0.05) is 27.7 Å². The summed E-state index contributed by atoms with van der Waals surface area (Å²) in [6.45, 7) is 9.48. The monoisotopic (exact) mass is 484 g/mol. The van der Waals surface area contributed by atoms with Crippen molar-refractivity contribution in [3.05, 3.63) is 0 Å². The van der Waals surface area contributed by atoms with Crippen LogP contribution < -0.4 is 10.6 Å². The summed E-state index contributed by atoms with van der Waals surface area (Å²) in [5, 5.41) is 5.62. The molecule has 0 aromatic rings. The molecule has 198 valence electrons. The summed E-state index contributed by atoms with van der Waals surface area (Å²) in [6, 6.07) is -0.362. The number of rotatable bonds is 19. The molecule has 0 aliphatic rings. The zero-order chi connectivity index (χ0) is 25.9. The number of carbonyl (C=O) groups is 4. The molecule has 8 nitrogen and oxygen atoms in total. The van der Waals surface area contributed by atoms with Gasteiger partial charge in [0.1, 0.15) is 12.2 Å². The number of ether oxygens (including phenoxy) is 2. The van der Waals surface area contributed by atoms with E-state index in [0.717, 1.165) is 51.4 Å². The molecule has 34 heavy (non-hydrogen) atoms. The first kappa shape index (κ1) is 31.9. The highest BCUT2D eigenvalue weighted by molar-refractivity contribution is 5.73. The van der Waals surface area contributed by atoms with Crippen molar-refractivity contribution in [2.45, 2.75) is 143 Å². The number of amides is 2. The van der Waals surface area contributed by atoms with Crippen LogP contribution in [0.5, 0.6) is 0 Å². The van der Waals surface area contributed by atoms with Crippen LogP contribution in [0, 0.1) is 0 Å². The van der Waals surface area contributed by atoms with Gasteiger partial charge in [0.2, 0.25) is 11.8 Å². The van der Waals surface area contributed by atoms with Crippen LogP contribution in [0.2, 0.25) is 0 Å². The van der Waals surface area contributed by atoms with Crippen LogP contribution in [-0.2, 0) is 28.7 Å². The quantitative estimate of drug-likeness (QED) is 0.205. The molecule has 2 N–H and O–H groups in total. The summed E-state index contributed by atoms with van der Waals surface area (Å²) >= 11 is 0. The lowest BCUT2D eigenvalue weighted by molar-refractivity contribution is -0.149. The molecule has 0 aliphatic heterocycles. The molecule has 0 spiro atoms. The third kappa shape index (κ3) is 18.3. The normalized spacial score (nSPS) is 14.4. The number of esters is 2. The van der Waals surface area contributed by atoms with Gasteiger partial charge in [0.05, 0.1) is 12.1 Å². The van der Waals surface area contributed by atoms with Gasteiger partial charge in [-0.3, -0.25) is 19.2 Å². The Kier molecular flexibility index (Phi) is 18.0. The zero-order valence-corrected chi connectivity index (χ0v) is 22.2. The molecule has 0 aromatic heterocycles. The Morgan fingerprint density at radius 1 is 0.529 bits per heavy atom. The molecule has 0 radical (unpaired) electrons. The lowest BCUT2D eigenvalue weighted by Gasteiger charge is -2.24. The van der Waals surface area contributed by atoms with Gasteiger partial charge < -0.3 is 20.1 Å². The van der Waals surface area contributed by atoms with E-state index in [1.54, 1.807) is 0 Å². The van der Waals surface area contributed by atoms with E-state index >= 15 is 0 Å². The Morgan fingerprint density at radius 2 is 0.794 bits per heavy atom. The van der Waals surface area contributed by atoms with Gasteiger partial charge >= 0.3 is 11.9 Å². The van der Waals surface area contributed by atoms with Crippen molar-refractivity contribution >= 4 is 23.8 Å². The molecule has 0 saturated heterocycles. The highest BCUT2D eigenvalue weighted by atomic mass is 16.5. The van der Waals surface area contributed by atoms with Crippen molar-refractivity contribution in [2.24, 2.45) is 0 Å². The van der Waals surface area contributed by atoms with Gasteiger partial charge in [-0.15, -0.1) is 0 Å². The highest BCUT2D eigenvalue weighted by Crippen LogP contribution is 2.16. The molecule has 0 unspecified atom stereocenters. The summed E-state index contributed by atoms with van der Waals surface area (Å²) in [5.74, 6) is -0.862. The first-order valence-corrected chi connectivity index (χ1v) is 12.9. The largest absolute Gasteiger partial charge is 0.460 e. The second-order valence-corrected chi connectivity index (χ2v) is 9.39. The number of carbonyl (C=O) groups excluding carboxylic acids is 4. The Morgan fingerprint density at radius 3 is 1.03 bits per heavy atom. The summed E-state index contributed by atoms with van der Waals surface area (Å²) < 4.78 is 10.7. The van der Waals surface area contributed by atoms with E-state index < -0.39 is 0 Å². The maximum Gasteiger partial charge on any atom is 0.302 e. The van der Waals surface area contributed by atoms with E-state index in [1.807, 2.05) is 13.8 Å². The minimum Gasteiger partial charge on any atom is -0.460 e. The van der Waals surface area contributed by atoms with Crippen LogP contribution in [0.3, 0.4) is 0 Å². The molecule has 2 amide bonds. The van der Waals surface area contributed by atoms with Crippen LogP contribution >= 0.6 is 0 Å². The Bertz CT molecular complexity index is 558. The number of nitrogens with one attached hydrogen (secondary N) is 2.